The topological polar surface area (TPSA) is 106 Å². The van der Waals surface area contributed by atoms with Gasteiger partial charge in [-0.2, -0.15) is 0 Å². The number of carboxylic acid groups (broad SMARTS) is 1. The van der Waals surface area contributed by atoms with E-state index in [1.54, 1.807) is 19.1 Å². The van der Waals surface area contributed by atoms with E-state index in [1.165, 1.54) is 6.07 Å². The second-order valence-corrected chi connectivity index (χ2v) is 8.06. The molecule has 162 valence electrons. The molecule has 30 heavy (non-hydrogen) atoms. The summed E-state index contributed by atoms with van der Waals surface area (Å²) in [5, 5.41) is 12.8. The van der Waals surface area contributed by atoms with E-state index in [2.05, 4.69) is 12.2 Å². The van der Waals surface area contributed by atoms with Gasteiger partial charge in [0.15, 0.2) is 6.10 Å². The van der Waals surface area contributed by atoms with Gasteiger partial charge in [-0.25, -0.2) is 4.79 Å². The average Bonchev–Trinajstić information content (AvgIpc) is 2.72. The van der Waals surface area contributed by atoms with Crippen LogP contribution in [0.1, 0.15) is 51.5 Å². The highest BCUT2D eigenvalue weighted by molar-refractivity contribution is 5.83. The molecule has 1 aromatic carbocycles. The van der Waals surface area contributed by atoms with E-state index in [1.807, 2.05) is 6.07 Å². The molecule has 1 atom stereocenters. The third-order valence-electron chi connectivity index (χ3n) is 5.76. The number of nitrogens with one attached hydrogen (secondary N) is 1. The van der Waals surface area contributed by atoms with Crippen LogP contribution in [0, 0.1) is 11.8 Å². The van der Waals surface area contributed by atoms with Crippen LogP contribution in [-0.2, 0) is 16.0 Å². The third kappa shape index (κ3) is 5.40. The van der Waals surface area contributed by atoms with Crippen LogP contribution in [-0.4, -0.2) is 29.6 Å². The highest BCUT2D eigenvalue weighted by atomic mass is 16.5. The fourth-order valence-corrected chi connectivity index (χ4v) is 4.02. The summed E-state index contributed by atoms with van der Waals surface area (Å²) in [6.45, 7) is 4.24. The summed E-state index contributed by atoms with van der Waals surface area (Å²) >= 11 is 0. The third-order valence-corrected chi connectivity index (χ3v) is 5.76. The highest BCUT2D eigenvalue weighted by Gasteiger charge is 2.26. The number of ether oxygens (including phenoxy) is 1. The molecule has 1 saturated carbocycles. The van der Waals surface area contributed by atoms with Gasteiger partial charge < -0.3 is 19.6 Å². The number of hydrogen-bond donors (Lipinski definition) is 2. The van der Waals surface area contributed by atoms with E-state index in [4.69, 9.17) is 14.3 Å². The first-order chi connectivity index (χ1) is 14.4. The normalized spacial score (nSPS) is 19.9. The van der Waals surface area contributed by atoms with Crippen molar-refractivity contribution in [2.75, 3.05) is 6.54 Å². The Bertz CT molecular complexity index is 958. The van der Waals surface area contributed by atoms with Gasteiger partial charge >= 0.3 is 11.6 Å². The standard InChI is InChI=1S/C23H29NO6/c1-3-4-17-11-21(25)30-20-12-18(9-10-19(17)20)29-14(2)22(26)24-13-15-5-7-16(8-6-15)23(27)28/h9-12,14-16H,3-8,13H2,1-2H3,(H,24,26)(H,27,28)/t14-,15?,16?/m0/s1. The predicted octanol–water partition coefficient (Wildman–Crippen LogP) is 3.52. The predicted molar refractivity (Wildman–Crippen MR) is 113 cm³/mol. The number of benzene rings is 1. The molecule has 1 aliphatic rings. The number of aliphatic carboxylic acids is 1. The molecule has 3 rings (SSSR count). The minimum atomic E-state index is -0.729. The lowest BCUT2D eigenvalue weighted by atomic mass is 9.82. The summed E-state index contributed by atoms with van der Waals surface area (Å²) in [5.41, 5.74) is 0.997. The molecule has 7 heteroatoms. The molecule has 0 spiro atoms. The minimum Gasteiger partial charge on any atom is -0.481 e. The molecule has 2 aromatic rings. The molecule has 0 radical (unpaired) electrons. The summed E-state index contributed by atoms with van der Waals surface area (Å²) in [6, 6.07) is 6.79. The van der Waals surface area contributed by atoms with Gasteiger partial charge in [-0.05, 0) is 62.6 Å². The molecule has 1 heterocycles. The van der Waals surface area contributed by atoms with Crippen LogP contribution >= 0.6 is 0 Å². The Morgan fingerprint density at radius 2 is 1.97 bits per heavy atom. The Balaban J connectivity index is 1.56. The first-order valence-electron chi connectivity index (χ1n) is 10.6. The molecule has 1 amide bonds. The summed E-state index contributed by atoms with van der Waals surface area (Å²) in [7, 11) is 0. The first-order valence-corrected chi connectivity index (χ1v) is 10.6. The van der Waals surface area contributed by atoms with Crippen molar-refractivity contribution < 1.29 is 23.8 Å². The van der Waals surface area contributed by atoms with Crippen LogP contribution < -0.4 is 15.7 Å². The van der Waals surface area contributed by atoms with Crippen molar-refractivity contribution in [3.63, 3.8) is 0 Å². The van der Waals surface area contributed by atoms with Crippen molar-refractivity contribution in [1.29, 1.82) is 0 Å². The average molecular weight is 415 g/mol. The van der Waals surface area contributed by atoms with Crippen LogP contribution in [0.3, 0.4) is 0 Å². The number of rotatable bonds is 8. The maximum Gasteiger partial charge on any atom is 0.336 e. The monoisotopic (exact) mass is 415 g/mol. The zero-order chi connectivity index (χ0) is 21.7. The van der Waals surface area contributed by atoms with Gasteiger partial charge in [0, 0.05) is 24.1 Å². The summed E-state index contributed by atoms with van der Waals surface area (Å²) in [6.07, 6.45) is 3.92. The number of hydrogen-bond acceptors (Lipinski definition) is 5. The van der Waals surface area contributed by atoms with Gasteiger partial charge in [0.2, 0.25) is 0 Å². The maximum atomic E-state index is 12.4. The maximum absolute atomic E-state index is 12.4. The fraction of sp³-hybridized carbons (Fsp3) is 0.522. The van der Waals surface area contributed by atoms with Crippen molar-refractivity contribution in [2.45, 2.75) is 58.5 Å². The summed E-state index contributed by atoms with van der Waals surface area (Å²) in [5.74, 6) is -0.457. The number of carbonyl (C=O) groups is 2. The molecule has 7 nitrogen and oxygen atoms in total. The van der Waals surface area contributed by atoms with Gasteiger partial charge in [0.25, 0.3) is 5.91 Å². The Morgan fingerprint density at radius 1 is 1.23 bits per heavy atom. The van der Waals surface area contributed by atoms with E-state index in [9.17, 15) is 14.4 Å². The Labute approximate surface area is 175 Å². The number of carboxylic acids is 1. The zero-order valence-electron chi connectivity index (χ0n) is 17.5. The Kier molecular flexibility index (Phi) is 7.13. The van der Waals surface area contributed by atoms with Crippen LogP contribution in [0.4, 0.5) is 0 Å². The van der Waals surface area contributed by atoms with Crippen molar-refractivity contribution in [1.82, 2.24) is 5.32 Å². The summed E-state index contributed by atoms with van der Waals surface area (Å²) < 4.78 is 11.1. The second-order valence-electron chi connectivity index (χ2n) is 8.06. The van der Waals surface area contributed by atoms with Crippen molar-refractivity contribution in [3.8, 4) is 5.75 Å². The number of amides is 1. The van der Waals surface area contributed by atoms with Gasteiger partial charge in [-0.3, -0.25) is 9.59 Å². The molecular formula is C23H29NO6. The molecule has 0 aliphatic heterocycles. The zero-order valence-corrected chi connectivity index (χ0v) is 17.5. The van der Waals surface area contributed by atoms with E-state index >= 15 is 0 Å². The van der Waals surface area contributed by atoms with E-state index in [0.717, 1.165) is 36.6 Å². The van der Waals surface area contributed by atoms with Crippen LogP contribution in [0.25, 0.3) is 11.0 Å². The van der Waals surface area contributed by atoms with Gasteiger partial charge in [0.05, 0.1) is 5.92 Å². The Hall–Kier alpha value is -2.83. The lowest BCUT2D eigenvalue weighted by Crippen LogP contribution is -2.39. The van der Waals surface area contributed by atoms with Crippen molar-refractivity contribution in [3.05, 3.63) is 40.2 Å². The van der Waals surface area contributed by atoms with Crippen molar-refractivity contribution >= 4 is 22.8 Å². The molecule has 0 bridgehead atoms. The molecule has 1 aromatic heterocycles. The van der Waals surface area contributed by atoms with E-state index < -0.39 is 17.7 Å². The molecule has 1 fully saturated rings. The molecular weight excluding hydrogens is 386 g/mol. The molecule has 2 N–H and O–H groups in total. The largest absolute Gasteiger partial charge is 0.481 e. The fourth-order valence-electron chi connectivity index (χ4n) is 4.02. The molecule has 0 saturated heterocycles. The van der Waals surface area contributed by atoms with Crippen LogP contribution in [0.2, 0.25) is 0 Å². The van der Waals surface area contributed by atoms with E-state index in [0.29, 0.717) is 36.6 Å². The van der Waals surface area contributed by atoms with Crippen molar-refractivity contribution in [2.24, 2.45) is 11.8 Å². The quantitative estimate of drug-likeness (QED) is 0.639. The van der Waals surface area contributed by atoms with Crippen LogP contribution in [0.5, 0.6) is 5.75 Å². The Morgan fingerprint density at radius 3 is 2.63 bits per heavy atom. The van der Waals surface area contributed by atoms with Gasteiger partial charge in [-0.1, -0.05) is 13.3 Å². The van der Waals surface area contributed by atoms with E-state index in [-0.39, 0.29) is 11.8 Å². The lowest BCUT2D eigenvalue weighted by Gasteiger charge is -2.26. The number of aryl methyl sites for hydroxylation is 1. The van der Waals surface area contributed by atoms with Gasteiger partial charge in [0.1, 0.15) is 11.3 Å². The smallest absolute Gasteiger partial charge is 0.336 e. The molecule has 0 unspecified atom stereocenters. The minimum absolute atomic E-state index is 0.225. The highest BCUT2D eigenvalue weighted by Crippen LogP contribution is 2.28. The van der Waals surface area contributed by atoms with Crippen LogP contribution in [0.15, 0.2) is 33.5 Å². The SMILES string of the molecule is CCCc1cc(=O)oc2cc(O[C@@H](C)C(=O)NCC3CCC(C(=O)O)CC3)ccc12. The second kappa shape index (κ2) is 9.78. The lowest BCUT2D eigenvalue weighted by molar-refractivity contribution is -0.143. The first kappa shape index (κ1) is 21.9. The number of fused-ring (bicyclic) bond motifs is 1. The number of carbonyl (C=O) groups excluding carboxylic acids is 1. The van der Waals surface area contributed by atoms with Gasteiger partial charge in [-0.15, -0.1) is 0 Å². The molecule has 1 aliphatic carbocycles. The summed E-state index contributed by atoms with van der Waals surface area (Å²) in [4.78, 5) is 35.3.